The Balaban J connectivity index is 1.62. The number of anilines is 2. The molecule has 1 saturated heterocycles. The van der Waals surface area contributed by atoms with Gasteiger partial charge >= 0.3 is 6.18 Å². The van der Waals surface area contributed by atoms with Crippen LogP contribution in [0.2, 0.25) is 10.0 Å². The maximum Gasteiger partial charge on any atom is 0.416 e. The van der Waals surface area contributed by atoms with Gasteiger partial charge in [-0.25, -0.2) is 0 Å². The van der Waals surface area contributed by atoms with Crippen LogP contribution in [0.15, 0.2) is 52.9 Å². The Morgan fingerprint density at radius 2 is 1.71 bits per heavy atom. The van der Waals surface area contributed by atoms with Crippen molar-refractivity contribution in [1.82, 2.24) is 0 Å². The molecule has 1 aliphatic heterocycles. The highest BCUT2D eigenvalue weighted by Gasteiger charge is 2.32. The van der Waals surface area contributed by atoms with Crippen LogP contribution in [0.3, 0.4) is 0 Å². The quantitative estimate of drug-likeness (QED) is 0.443. The van der Waals surface area contributed by atoms with E-state index in [2.05, 4.69) is 5.32 Å². The van der Waals surface area contributed by atoms with Crippen molar-refractivity contribution in [2.45, 2.75) is 19.0 Å². The summed E-state index contributed by atoms with van der Waals surface area (Å²) in [4.78, 5) is 14.7. The van der Waals surface area contributed by atoms with E-state index in [0.717, 1.165) is 38.1 Å². The lowest BCUT2D eigenvalue weighted by Gasteiger charge is -2.22. The van der Waals surface area contributed by atoms with Gasteiger partial charge in [0, 0.05) is 18.7 Å². The summed E-state index contributed by atoms with van der Waals surface area (Å²) >= 11 is 11.9. The number of carbonyl (C=O) groups is 1. The number of hydrogen-bond donors (Lipinski definition) is 1. The topological polar surface area (TPSA) is 45.5 Å². The Labute approximate surface area is 186 Å². The SMILES string of the molecule is O=C(Nc1cc(C(F)(F)F)ccc1N1CCCC1)c1ccc(-c2ccc(Cl)c(Cl)c2)o1. The number of amides is 1. The molecule has 0 radical (unpaired) electrons. The Bertz CT molecular complexity index is 1120. The summed E-state index contributed by atoms with van der Waals surface area (Å²) in [6.07, 6.45) is -2.63. The van der Waals surface area contributed by atoms with E-state index in [0.29, 0.717) is 27.1 Å². The van der Waals surface area contributed by atoms with E-state index in [1.165, 1.54) is 12.1 Å². The van der Waals surface area contributed by atoms with Gasteiger partial charge in [0.15, 0.2) is 5.76 Å². The molecular weight excluding hydrogens is 452 g/mol. The maximum absolute atomic E-state index is 13.2. The van der Waals surface area contributed by atoms with E-state index in [4.69, 9.17) is 27.6 Å². The van der Waals surface area contributed by atoms with Gasteiger partial charge in [0.2, 0.25) is 0 Å². The third-order valence-electron chi connectivity index (χ3n) is 5.05. The molecule has 0 bridgehead atoms. The van der Waals surface area contributed by atoms with Crippen molar-refractivity contribution in [1.29, 1.82) is 0 Å². The van der Waals surface area contributed by atoms with Crippen molar-refractivity contribution in [3.05, 3.63) is 69.9 Å². The highest BCUT2D eigenvalue weighted by atomic mass is 35.5. The van der Waals surface area contributed by atoms with Crippen molar-refractivity contribution < 1.29 is 22.4 Å². The van der Waals surface area contributed by atoms with Crippen LogP contribution in [-0.4, -0.2) is 19.0 Å². The van der Waals surface area contributed by atoms with Crippen LogP contribution >= 0.6 is 23.2 Å². The van der Waals surface area contributed by atoms with Crippen LogP contribution < -0.4 is 10.2 Å². The van der Waals surface area contributed by atoms with Crippen LogP contribution in [0, 0.1) is 0 Å². The number of nitrogens with one attached hydrogen (secondary N) is 1. The highest BCUT2D eigenvalue weighted by Crippen LogP contribution is 2.37. The molecule has 1 amide bonds. The summed E-state index contributed by atoms with van der Waals surface area (Å²) < 4.78 is 45.3. The molecule has 2 heterocycles. The summed E-state index contributed by atoms with van der Waals surface area (Å²) in [6.45, 7) is 1.44. The maximum atomic E-state index is 13.2. The summed E-state index contributed by atoms with van der Waals surface area (Å²) in [7, 11) is 0. The molecule has 3 aromatic rings. The molecule has 9 heteroatoms. The van der Waals surface area contributed by atoms with Crippen LogP contribution in [0.1, 0.15) is 29.0 Å². The first-order valence-electron chi connectivity index (χ1n) is 9.55. The summed E-state index contributed by atoms with van der Waals surface area (Å²) in [6, 6.07) is 11.3. The second kappa shape index (κ2) is 8.48. The number of alkyl halides is 3. The van der Waals surface area contributed by atoms with E-state index in [1.54, 1.807) is 24.3 Å². The van der Waals surface area contributed by atoms with Crippen LogP contribution in [-0.2, 0) is 6.18 Å². The number of nitrogens with zero attached hydrogens (tertiary/aromatic N) is 1. The van der Waals surface area contributed by atoms with Gasteiger partial charge in [0.1, 0.15) is 5.76 Å². The van der Waals surface area contributed by atoms with Gasteiger partial charge < -0.3 is 14.6 Å². The van der Waals surface area contributed by atoms with Gasteiger partial charge in [-0.15, -0.1) is 0 Å². The zero-order chi connectivity index (χ0) is 22.2. The fraction of sp³-hybridized carbons (Fsp3) is 0.227. The zero-order valence-electron chi connectivity index (χ0n) is 16.1. The first-order valence-corrected chi connectivity index (χ1v) is 10.3. The molecule has 0 saturated carbocycles. The van der Waals surface area contributed by atoms with E-state index in [-0.39, 0.29) is 11.4 Å². The van der Waals surface area contributed by atoms with Gasteiger partial charge in [-0.1, -0.05) is 23.2 Å². The number of furan rings is 1. The Morgan fingerprint density at radius 1 is 0.968 bits per heavy atom. The number of hydrogen-bond acceptors (Lipinski definition) is 3. The van der Waals surface area contributed by atoms with E-state index >= 15 is 0 Å². The molecule has 1 aliphatic rings. The number of rotatable bonds is 4. The minimum Gasteiger partial charge on any atom is -0.451 e. The molecule has 0 unspecified atom stereocenters. The predicted molar refractivity (Wildman–Crippen MR) is 115 cm³/mol. The largest absolute Gasteiger partial charge is 0.451 e. The smallest absolute Gasteiger partial charge is 0.416 e. The van der Waals surface area contributed by atoms with Crippen LogP contribution in [0.4, 0.5) is 24.5 Å². The molecular formula is C22H17Cl2F3N2O2. The Hall–Kier alpha value is -2.64. The molecule has 2 aromatic carbocycles. The monoisotopic (exact) mass is 468 g/mol. The average Bonchev–Trinajstić information content (AvgIpc) is 3.41. The molecule has 162 valence electrons. The van der Waals surface area contributed by atoms with E-state index in [1.807, 2.05) is 4.90 Å². The molecule has 0 spiro atoms. The standard InChI is InChI=1S/C22H17Cl2F3N2O2/c23-15-5-3-13(11-16(15)24)19-7-8-20(31-19)21(30)28-17-12-14(22(25,26)27)4-6-18(17)29-9-1-2-10-29/h3-8,11-12H,1-2,9-10H2,(H,28,30). The third-order valence-corrected chi connectivity index (χ3v) is 5.79. The van der Waals surface area contributed by atoms with Gasteiger partial charge in [-0.2, -0.15) is 13.2 Å². The molecule has 0 atom stereocenters. The minimum atomic E-state index is -4.52. The van der Waals surface area contributed by atoms with Gasteiger partial charge in [-0.3, -0.25) is 4.79 Å². The average molecular weight is 469 g/mol. The van der Waals surface area contributed by atoms with Crippen molar-refractivity contribution in [3.63, 3.8) is 0 Å². The van der Waals surface area contributed by atoms with Crippen molar-refractivity contribution in [2.75, 3.05) is 23.3 Å². The van der Waals surface area contributed by atoms with Gasteiger partial charge in [-0.05, 0) is 61.4 Å². The van der Waals surface area contributed by atoms with Gasteiger partial charge in [0.25, 0.3) is 5.91 Å². The number of carbonyl (C=O) groups excluding carboxylic acids is 1. The molecule has 31 heavy (non-hydrogen) atoms. The second-order valence-corrected chi connectivity index (χ2v) is 7.99. The van der Waals surface area contributed by atoms with Crippen LogP contribution in [0.25, 0.3) is 11.3 Å². The predicted octanol–water partition coefficient (Wildman–Crippen LogP) is 7.12. The fourth-order valence-electron chi connectivity index (χ4n) is 3.49. The lowest BCUT2D eigenvalue weighted by Crippen LogP contribution is -2.21. The summed E-state index contributed by atoms with van der Waals surface area (Å²) in [5.41, 5.74) is 0.427. The molecule has 1 N–H and O–H groups in total. The minimum absolute atomic E-state index is 0.0362. The molecule has 4 nitrogen and oxygen atoms in total. The normalized spacial score (nSPS) is 14.2. The fourth-order valence-corrected chi connectivity index (χ4v) is 3.79. The van der Waals surface area contributed by atoms with E-state index < -0.39 is 17.6 Å². The number of benzene rings is 2. The van der Waals surface area contributed by atoms with Gasteiger partial charge in [0.05, 0.1) is 27.0 Å². The van der Waals surface area contributed by atoms with Crippen molar-refractivity contribution >= 4 is 40.5 Å². The molecule has 1 aromatic heterocycles. The number of halogens is 5. The van der Waals surface area contributed by atoms with Crippen molar-refractivity contribution in [2.24, 2.45) is 0 Å². The van der Waals surface area contributed by atoms with Crippen molar-refractivity contribution in [3.8, 4) is 11.3 Å². The van der Waals surface area contributed by atoms with E-state index in [9.17, 15) is 18.0 Å². The summed E-state index contributed by atoms with van der Waals surface area (Å²) in [5, 5.41) is 3.30. The lowest BCUT2D eigenvalue weighted by molar-refractivity contribution is -0.137. The second-order valence-electron chi connectivity index (χ2n) is 7.17. The molecule has 0 aliphatic carbocycles. The highest BCUT2D eigenvalue weighted by molar-refractivity contribution is 6.42. The van der Waals surface area contributed by atoms with Crippen LogP contribution in [0.5, 0.6) is 0 Å². The Morgan fingerprint density at radius 3 is 2.39 bits per heavy atom. The third kappa shape index (κ3) is 4.67. The lowest BCUT2D eigenvalue weighted by atomic mass is 10.1. The Kier molecular flexibility index (Phi) is 5.90. The first kappa shape index (κ1) is 21.6. The molecule has 1 fully saturated rings. The first-order chi connectivity index (χ1) is 14.7. The molecule has 4 rings (SSSR count). The summed E-state index contributed by atoms with van der Waals surface area (Å²) in [5.74, 6) is -0.301. The zero-order valence-corrected chi connectivity index (χ0v) is 17.6.